The van der Waals surface area contributed by atoms with E-state index >= 15 is 0 Å². The molecular weight excluding hydrogens is 209 g/mol. The van der Waals surface area contributed by atoms with Crippen molar-refractivity contribution in [3.05, 3.63) is 35.6 Å². The van der Waals surface area contributed by atoms with Gasteiger partial charge in [0.05, 0.1) is 6.04 Å². The minimum atomic E-state index is -0.674. The summed E-state index contributed by atoms with van der Waals surface area (Å²) in [6, 6.07) is 5.72. The van der Waals surface area contributed by atoms with Crippen LogP contribution in [0.1, 0.15) is 5.56 Å². The Morgan fingerprint density at radius 1 is 1.50 bits per heavy atom. The number of nitrogens with one attached hydrogen (secondary N) is 1. The van der Waals surface area contributed by atoms with E-state index in [4.69, 9.17) is 11.5 Å². The summed E-state index contributed by atoms with van der Waals surface area (Å²) in [6.07, 6.45) is 0.684. The van der Waals surface area contributed by atoms with Gasteiger partial charge < -0.3 is 16.8 Å². The lowest BCUT2D eigenvalue weighted by Crippen LogP contribution is -2.44. The molecule has 5 N–H and O–H groups in total. The topological polar surface area (TPSA) is 81.1 Å². The van der Waals surface area contributed by atoms with Gasteiger partial charge in [0.1, 0.15) is 5.82 Å². The van der Waals surface area contributed by atoms with E-state index in [9.17, 15) is 9.18 Å². The zero-order valence-electron chi connectivity index (χ0n) is 8.95. The second-order valence-corrected chi connectivity index (χ2v) is 3.59. The minimum absolute atomic E-state index is 0.244. The maximum atomic E-state index is 12.8. The van der Waals surface area contributed by atoms with E-state index in [-0.39, 0.29) is 5.82 Å². The lowest BCUT2D eigenvalue weighted by molar-refractivity contribution is -0.119. The van der Waals surface area contributed by atoms with E-state index < -0.39 is 11.9 Å². The van der Waals surface area contributed by atoms with Crippen LogP contribution in [0.15, 0.2) is 24.3 Å². The Kier molecular flexibility index (Phi) is 4.88. The highest BCUT2D eigenvalue weighted by Gasteiger charge is 2.07. The highest BCUT2D eigenvalue weighted by atomic mass is 19.1. The summed E-state index contributed by atoms with van der Waals surface area (Å²) in [5, 5.41) is 2.99. The van der Waals surface area contributed by atoms with Crippen LogP contribution in [0.4, 0.5) is 4.39 Å². The highest BCUT2D eigenvalue weighted by Crippen LogP contribution is 2.03. The Bertz CT molecular complexity index is 357. The molecule has 4 nitrogen and oxygen atoms in total. The third kappa shape index (κ3) is 4.37. The lowest BCUT2D eigenvalue weighted by Gasteiger charge is -2.08. The Hall–Kier alpha value is -1.46. The van der Waals surface area contributed by atoms with E-state index in [0.717, 1.165) is 5.56 Å². The summed E-state index contributed by atoms with van der Waals surface area (Å²) in [5.74, 6) is -0.774. The van der Waals surface area contributed by atoms with E-state index in [1.165, 1.54) is 12.1 Å². The number of carbonyl (C=O) groups excluding carboxylic acids is 1. The number of nitrogens with two attached hydrogens (primary N) is 2. The van der Waals surface area contributed by atoms with Gasteiger partial charge in [-0.25, -0.2) is 4.39 Å². The van der Waals surface area contributed by atoms with Crippen LogP contribution in [0.25, 0.3) is 0 Å². The molecule has 16 heavy (non-hydrogen) atoms. The fraction of sp³-hybridized carbons (Fsp3) is 0.364. The zero-order chi connectivity index (χ0) is 12.0. The van der Waals surface area contributed by atoms with Crippen LogP contribution in [0, 0.1) is 5.82 Å². The molecule has 0 saturated heterocycles. The molecule has 0 fully saturated rings. The molecular formula is C11H16FN3O. The van der Waals surface area contributed by atoms with Crippen LogP contribution < -0.4 is 16.8 Å². The SMILES string of the molecule is NC(=O)C(N)CNCCc1cccc(F)c1. The summed E-state index contributed by atoms with van der Waals surface area (Å²) in [6.45, 7) is 0.967. The van der Waals surface area contributed by atoms with Gasteiger partial charge in [0.15, 0.2) is 0 Å². The van der Waals surface area contributed by atoms with Crippen molar-refractivity contribution in [2.75, 3.05) is 13.1 Å². The van der Waals surface area contributed by atoms with Gasteiger partial charge in [0, 0.05) is 6.54 Å². The van der Waals surface area contributed by atoms with Gasteiger partial charge in [-0.15, -0.1) is 0 Å². The molecule has 0 radical (unpaired) electrons. The average Bonchev–Trinajstić information content (AvgIpc) is 2.24. The van der Waals surface area contributed by atoms with Gasteiger partial charge in [-0.3, -0.25) is 4.79 Å². The quantitative estimate of drug-likeness (QED) is 0.585. The van der Waals surface area contributed by atoms with Gasteiger partial charge in [-0.05, 0) is 30.7 Å². The molecule has 0 aliphatic carbocycles. The Labute approximate surface area is 93.8 Å². The van der Waals surface area contributed by atoms with Crippen LogP contribution in [0.5, 0.6) is 0 Å². The van der Waals surface area contributed by atoms with Crippen molar-refractivity contribution in [1.29, 1.82) is 0 Å². The molecule has 1 atom stereocenters. The molecule has 0 saturated carbocycles. The number of amides is 1. The normalized spacial score (nSPS) is 12.4. The first-order valence-corrected chi connectivity index (χ1v) is 5.09. The van der Waals surface area contributed by atoms with Crippen molar-refractivity contribution in [2.45, 2.75) is 12.5 Å². The summed E-state index contributed by atoms with van der Waals surface area (Å²) < 4.78 is 12.8. The predicted molar refractivity (Wildman–Crippen MR) is 60.1 cm³/mol. The van der Waals surface area contributed by atoms with E-state index in [2.05, 4.69) is 5.32 Å². The molecule has 0 aliphatic rings. The van der Waals surface area contributed by atoms with Crippen molar-refractivity contribution < 1.29 is 9.18 Å². The fourth-order valence-corrected chi connectivity index (χ4v) is 1.28. The van der Waals surface area contributed by atoms with Crippen molar-refractivity contribution in [1.82, 2.24) is 5.32 Å². The maximum absolute atomic E-state index is 12.8. The first-order valence-electron chi connectivity index (χ1n) is 5.09. The molecule has 1 rings (SSSR count). The van der Waals surface area contributed by atoms with Gasteiger partial charge in [-0.2, -0.15) is 0 Å². The molecule has 0 heterocycles. The number of primary amides is 1. The molecule has 0 spiro atoms. The third-order valence-corrected chi connectivity index (χ3v) is 2.21. The van der Waals surface area contributed by atoms with Gasteiger partial charge in [0.25, 0.3) is 0 Å². The smallest absolute Gasteiger partial charge is 0.235 e. The average molecular weight is 225 g/mol. The van der Waals surface area contributed by atoms with E-state index in [0.29, 0.717) is 19.5 Å². The van der Waals surface area contributed by atoms with Crippen LogP contribution in [0.2, 0.25) is 0 Å². The Morgan fingerprint density at radius 2 is 2.25 bits per heavy atom. The first kappa shape index (κ1) is 12.6. The number of benzene rings is 1. The van der Waals surface area contributed by atoms with Crippen LogP contribution in [0.3, 0.4) is 0 Å². The monoisotopic (exact) mass is 225 g/mol. The van der Waals surface area contributed by atoms with Crippen molar-refractivity contribution in [2.24, 2.45) is 11.5 Å². The van der Waals surface area contributed by atoms with Crippen molar-refractivity contribution >= 4 is 5.91 Å². The Morgan fingerprint density at radius 3 is 2.88 bits per heavy atom. The fourth-order valence-electron chi connectivity index (χ4n) is 1.28. The standard InChI is InChI=1S/C11H16FN3O/c12-9-3-1-2-8(6-9)4-5-15-7-10(13)11(14)16/h1-3,6,10,15H,4-5,7,13H2,(H2,14,16). The van der Waals surface area contributed by atoms with Gasteiger partial charge in [0.2, 0.25) is 5.91 Å². The van der Waals surface area contributed by atoms with Crippen molar-refractivity contribution in [3.8, 4) is 0 Å². The number of rotatable bonds is 6. The minimum Gasteiger partial charge on any atom is -0.368 e. The largest absolute Gasteiger partial charge is 0.368 e. The summed E-state index contributed by atoms with van der Waals surface area (Å²) in [4.78, 5) is 10.6. The third-order valence-electron chi connectivity index (χ3n) is 2.21. The van der Waals surface area contributed by atoms with E-state index in [1.807, 2.05) is 6.07 Å². The van der Waals surface area contributed by atoms with E-state index in [1.54, 1.807) is 6.07 Å². The number of halogens is 1. The number of hydrogen-bond acceptors (Lipinski definition) is 3. The summed E-state index contributed by atoms with van der Waals surface area (Å²) in [7, 11) is 0. The van der Waals surface area contributed by atoms with Crippen LogP contribution in [-0.4, -0.2) is 25.0 Å². The second-order valence-electron chi connectivity index (χ2n) is 3.59. The summed E-state index contributed by atoms with van der Waals surface area (Å²) >= 11 is 0. The lowest BCUT2D eigenvalue weighted by atomic mass is 10.1. The molecule has 1 aromatic rings. The molecule has 1 amide bonds. The number of carbonyl (C=O) groups is 1. The van der Waals surface area contributed by atoms with Crippen LogP contribution in [-0.2, 0) is 11.2 Å². The molecule has 1 aromatic carbocycles. The van der Waals surface area contributed by atoms with Gasteiger partial charge in [-0.1, -0.05) is 12.1 Å². The highest BCUT2D eigenvalue weighted by molar-refractivity contribution is 5.79. The van der Waals surface area contributed by atoms with Crippen LogP contribution >= 0.6 is 0 Å². The predicted octanol–water partition coefficient (Wildman–Crippen LogP) is -0.230. The molecule has 88 valence electrons. The summed E-state index contributed by atoms with van der Waals surface area (Å²) in [5.41, 5.74) is 11.3. The molecule has 0 aromatic heterocycles. The number of hydrogen-bond donors (Lipinski definition) is 3. The molecule has 0 aliphatic heterocycles. The molecule has 5 heteroatoms. The van der Waals surface area contributed by atoms with Gasteiger partial charge >= 0.3 is 0 Å². The first-order chi connectivity index (χ1) is 7.59. The zero-order valence-corrected chi connectivity index (χ0v) is 8.95. The Balaban J connectivity index is 2.23. The molecule has 1 unspecified atom stereocenters. The van der Waals surface area contributed by atoms with Crippen molar-refractivity contribution in [3.63, 3.8) is 0 Å². The molecule has 0 bridgehead atoms. The second kappa shape index (κ2) is 6.19. The maximum Gasteiger partial charge on any atom is 0.235 e.